The maximum Gasteiger partial charge on any atom is 0.243 e. The molecule has 1 aromatic carbocycles. The minimum Gasteiger partial charge on any atom is -0.326 e. The number of rotatable bonds is 4. The van der Waals surface area contributed by atoms with Crippen molar-refractivity contribution in [2.24, 2.45) is 0 Å². The Hall–Kier alpha value is -2.19. The summed E-state index contributed by atoms with van der Waals surface area (Å²) >= 11 is 0. The third-order valence-electron chi connectivity index (χ3n) is 3.37. The molecular weight excluding hydrogens is 292 g/mol. The first-order chi connectivity index (χ1) is 9.96. The van der Waals surface area contributed by atoms with E-state index in [0.717, 1.165) is 5.56 Å². The SMILES string of the molecule is CN(Cc1cn[nH]c1)S(=O)(=O)c1ccc2c(c1)CC(=O)N2. The molecule has 0 spiro atoms. The van der Waals surface area contributed by atoms with Crippen molar-refractivity contribution < 1.29 is 13.2 Å². The quantitative estimate of drug-likeness (QED) is 0.870. The Morgan fingerprint density at radius 2 is 2.19 bits per heavy atom. The highest BCUT2D eigenvalue weighted by Gasteiger charge is 2.25. The lowest BCUT2D eigenvalue weighted by Crippen LogP contribution is -2.26. The summed E-state index contributed by atoms with van der Waals surface area (Å²) < 4.78 is 26.3. The van der Waals surface area contributed by atoms with Gasteiger partial charge in [-0.05, 0) is 23.8 Å². The van der Waals surface area contributed by atoms with Crippen molar-refractivity contribution in [1.82, 2.24) is 14.5 Å². The van der Waals surface area contributed by atoms with Gasteiger partial charge in [0, 0.05) is 31.0 Å². The highest BCUT2D eigenvalue weighted by Crippen LogP contribution is 2.27. The number of hydrogen-bond acceptors (Lipinski definition) is 4. The van der Waals surface area contributed by atoms with Gasteiger partial charge in [-0.25, -0.2) is 8.42 Å². The number of sulfonamides is 1. The van der Waals surface area contributed by atoms with E-state index in [9.17, 15) is 13.2 Å². The zero-order valence-corrected chi connectivity index (χ0v) is 12.1. The van der Waals surface area contributed by atoms with E-state index in [1.54, 1.807) is 24.5 Å². The van der Waals surface area contributed by atoms with Gasteiger partial charge in [0.1, 0.15) is 0 Å². The summed E-state index contributed by atoms with van der Waals surface area (Å²) in [7, 11) is -2.09. The lowest BCUT2D eigenvalue weighted by Gasteiger charge is -2.16. The van der Waals surface area contributed by atoms with Crippen LogP contribution in [0.3, 0.4) is 0 Å². The third-order valence-corrected chi connectivity index (χ3v) is 5.17. The predicted octanol–water partition coefficient (Wildman–Crippen LogP) is 0.725. The molecule has 1 aliphatic rings. The van der Waals surface area contributed by atoms with Crippen LogP contribution in [0.25, 0.3) is 0 Å². The Bertz CT molecular complexity index is 784. The van der Waals surface area contributed by atoms with E-state index >= 15 is 0 Å². The van der Waals surface area contributed by atoms with Crippen molar-refractivity contribution in [1.29, 1.82) is 0 Å². The number of hydrogen-bond donors (Lipinski definition) is 2. The first kappa shape index (κ1) is 13.8. The number of nitrogens with one attached hydrogen (secondary N) is 2. The lowest BCUT2D eigenvalue weighted by molar-refractivity contribution is -0.115. The number of aromatic nitrogens is 2. The third kappa shape index (κ3) is 2.55. The topological polar surface area (TPSA) is 95.2 Å². The van der Waals surface area contributed by atoms with Crippen molar-refractivity contribution in [2.75, 3.05) is 12.4 Å². The molecule has 1 amide bonds. The van der Waals surface area contributed by atoms with Crippen molar-refractivity contribution in [3.05, 3.63) is 41.7 Å². The van der Waals surface area contributed by atoms with Gasteiger partial charge in [0.25, 0.3) is 0 Å². The molecule has 2 aromatic rings. The van der Waals surface area contributed by atoms with Crippen LogP contribution in [0.5, 0.6) is 0 Å². The van der Waals surface area contributed by atoms with Crippen molar-refractivity contribution in [2.45, 2.75) is 17.9 Å². The molecule has 0 aliphatic carbocycles. The Balaban J connectivity index is 1.88. The first-order valence-corrected chi connectivity index (χ1v) is 7.77. The number of anilines is 1. The fourth-order valence-corrected chi connectivity index (χ4v) is 3.46. The van der Waals surface area contributed by atoms with E-state index in [-0.39, 0.29) is 23.8 Å². The predicted molar refractivity (Wildman–Crippen MR) is 76.0 cm³/mol. The molecule has 7 nitrogen and oxygen atoms in total. The second-order valence-corrected chi connectivity index (χ2v) is 6.96. The van der Waals surface area contributed by atoms with Crippen LogP contribution in [0.2, 0.25) is 0 Å². The number of H-pyrrole nitrogens is 1. The van der Waals surface area contributed by atoms with Gasteiger partial charge in [0.2, 0.25) is 15.9 Å². The fourth-order valence-electron chi connectivity index (χ4n) is 2.25. The molecule has 0 bridgehead atoms. The minimum absolute atomic E-state index is 0.119. The van der Waals surface area contributed by atoms with Gasteiger partial charge in [0.05, 0.1) is 17.5 Å². The second kappa shape index (κ2) is 4.97. The van der Waals surface area contributed by atoms with E-state index in [1.807, 2.05) is 0 Å². The smallest absolute Gasteiger partial charge is 0.243 e. The molecule has 1 aromatic heterocycles. The van der Waals surface area contributed by atoms with Gasteiger partial charge in [-0.1, -0.05) is 0 Å². The molecule has 0 saturated carbocycles. The summed E-state index contributed by atoms with van der Waals surface area (Å²) in [6, 6.07) is 4.68. The Morgan fingerprint density at radius 3 is 2.90 bits per heavy atom. The van der Waals surface area contributed by atoms with Crippen LogP contribution >= 0.6 is 0 Å². The van der Waals surface area contributed by atoms with Crippen molar-refractivity contribution >= 4 is 21.6 Å². The summed E-state index contributed by atoms with van der Waals surface area (Å²) in [6.07, 6.45) is 3.44. The molecule has 110 valence electrons. The summed E-state index contributed by atoms with van der Waals surface area (Å²) in [5.41, 5.74) is 2.16. The molecule has 8 heteroatoms. The molecule has 0 saturated heterocycles. The Labute approximate surface area is 122 Å². The lowest BCUT2D eigenvalue weighted by atomic mass is 10.2. The van der Waals surface area contributed by atoms with Gasteiger partial charge in [0.15, 0.2) is 0 Å². The maximum atomic E-state index is 12.5. The van der Waals surface area contributed by atoms with Gasteiger partial charge < -0.3 is 5.32 Å². The largest absolute Gasteiger partial charge is 0.326 e. The normalized spacial score (nSPS) is 14.3. The van der Waals surface area contributed by atoms with E-state index < -0.39 is 10.0 Å². The fraction of sp³-hybridized carbons (Fsp3) is 0.231. The maximum absolute atomic E-state index is 12.5. The van der Waals surface area contributed by atoms with Crippen LogP contribution in [0, 0.1) is 0 Å². The zero-order valence-electron chi connectivity index (χ0n) is 11.3. The molecule has 0 atom stereocenters. The number of amides is 1. The summed E-state index contributed by atoms with van der Waals surface area (Å²) in [5, 5.41) is 9.12. The summed E-state index contributed by atoms with van der Waals surface area (Å²) in [5.74, 6) is -0.119. The highest BCUT2D eigenvalue weighted by molar-refractivity contribution is 7.89. The van der Waals surface area contributed by atoms with E-state index in [0.29, 0.717) is 11.3 Å². The van der Waals surface area contributed by atoms with Crippen molar-refractivity contribution in [3.63, 3.8) is 0 Å². The molecular formula is C13H14N4O3S. The monoisotopic (exact) mass is 306 g/mol. The van der Waals surface area contributed by atoms with Crippen LogP contribution in [-0.2, 0) is 27.8 Å². The average Bonchev–Trinajstić information content (AvgIpc) is 3.05. The minimum atomic E-state index is -3.60. The van der Waals surface area contributed by atoms with E-state index in [4.69, 9.17) is 0 Å². The number of fused-ring (bicyclic) bond motifs is 1. The highest BCUT2D eigenvalue weighted by atomic mass is 32.2. The van der Waals surface area contributed by atoms with Crippen LogP contribution in [0.4, 0.5) is 5.69 Å². The number of aromatic amines is 1. The molecule has 2 N–H and O–H groups in total. The molecule has 0 radical (unpaired) electrons. The van der Waals surface area contributed by atoms with Crippen LogP contribution < -0.4 is 5.32 Å². The molecule has 2 heterocycles. The van der Waals surface area contributed by atoms with Gasteiger partial charge in [-0.2, -0.15) is 9.40 Å². The molecule has 21 heavy (non-hydrogen) atoms. The average molecular weight is 306 g/mol. The molecule has 3 rings (SSSR count). The standard InChI is InChI=1S/C13H14N4O3S/c1-17(8-9-6-14-15-7-9)21(19,20)11-2-3-12-10(4-11)5-13(18)16-12/h2-4,6-7H,5,8H2,1H3,(H,14,15)(H,16,18). The van der Waals surface area contributed by atoms with Crippen LogP contribution in [0.1, 0.15) is 11.1 Å². The second-order valence-electron chi connectivity index (χ2n) is 4.91. The Kier molecular flexibility index (Phi) is 3.26. The van der Waals surface area contributed by atoms with E-state index in [2.05, 4.69) is 15.5 Å². The van der Waals surface area contributed by atoms with E-state index in [1.165, 1.54) is 17.4 Å². The number of carbonyl (C=O) groups excluding carboxylic acids is 1. The molecule has 1 aliphatic heterocycles. The van der Waals surface area contributed by atoms with Crippen LogP contribution in [0.15, 0.2) is 35.5 Å². The number of benzene rings is 1. The summed E-state index contributed by atoms with van der Waals surface area (Å²) in [4.78, 5) is 11.5. The van der Waals surface area contributed by atoms with Crippen LogP contribution in [-0.4, -0.2) is 35.9 Å². The number of carbonyl (C=O) groups is 1. The van der Waals surface area contributed by atoms with Gasteiger partial charge in [-0.3, -0.25) is 9.89 Å². The zero-order chi connectivity index (χ0) is 15.0. The van der Waals surface area contributed by atoms with Gasteiger partial charge in [-0.15, -0.1) is 0 Å². The Morgan fingerprint density at radius 1 is 1.38 bits per heavy atom. The van der Waals surface area contributed by atoms with Crippen molar-refractivity contribution in [3.8, 4) is 0 Å². The molecule has 0 unspecified atom stereocenters. The number of nitrogens with zero attached hydrogens (tertiary/aromatic N) is 2. The molecule has 0 fully saturated rings. The van der Waals surface area contributed by atoms with Gasteiger partial charge >= 0.3 is 0 Å². The first-order valence-electron chi connectivity index (χ1n) is 6.33. The summed E-state index contributed by atoms with van der Waals surface area (Å²) in [6.45, 7) is 0.229.